The first-order valence-corrected chi connectivity index (χ1v) is 7.63. The van der Waals surface area contributed by atoms with Crippen molar-refractivity contribution in [1.82, 2.24) is 10.6 Å². The number of hydrogen-bond acceptors (Lipinski definition) is 3. The zero-order valence-electron chi connectivity index (χ0n) is 13.4. The van der Waals surface area contributed by atoms with Gasteiger partial charge in [-0.1, -0.05) is 19.9 Å². The molecule has 1 heterocycles. The van der Waals surface area contributed by atoms with Crippen LogP contribution in [0.5, 0.6) is 0 Å². The summed E-state index contributed by atoms with van der Waals surface area (Å²) < 4.78 is 27.6. The number of ketones is 1. The lowest BCUT2D eigenvalue weighted by Gasteiger charge is -2.33. The van der Waals surface area contributed by atoms with Gasteiger partial charge in [0.15, 0.2) is 5.78 Å². The minimum absolute atomic E-state index is 0.141. The SMILES string of the molecule is CCC1(CC)C(=O)C=C(N[C@@H](C)c2c(F)cccc2F)NC1=O. The van der Waals surface area contributed by atoms with E-state index in [0.29, 0.717) is 12.8 Å². The number of amides is 1. The molecule has 2 N–H and O–H groups in total. The molecule has 0 spiro atoms. The third-order valence-corrected chi connectivity index (χ3v) is 4.44. The molecule has 4 nitrogen and oxygen atoms in total. The van der Waals surface area contributed by atoms with Gasteiger partial charge in [0.05, 0.1) is 6.04 Å². The van der Waals surface area contributed by atoms with E-state index in [9.17, 15) is 18.4 Å². The Bertz CT molecular complexity index is 646. The summed E-state index contributed by atoms with van der Waals surface area (Å²) in [5.74, 6) is -1.90. The Labute approximate surface area is 134 Å². The van der Waals surface area contributed by atoms with Crippen molar-refractivity contribution in [3.8, 4) is 0 Å². The van der Waals surface area contributed by atoms with Crippen molar-refractivity contribution in [2.75, 3.05) is 0 Å². The molecule has 0 saturated carbocycles. The second-order valence-electron chi connectivity index (χ2n) is 5.67. The highest BCUT2D eigenvalue weighted by atomic mass is 19.1. The number of nitrogens with one attached hydrogen (secondary N) is 2. The number of benzene rings is 1. The predicted molar refractivity (Wildman–Crippen MR) is 82.2 cm³/mol. The van der Waals surface area contributed by atoms with E-state index < -0.39 is 29.0 Å². The third-order valence-electron chi connectivity index (χ3n) is 4.44. The topological polar surface area (TPSA) is 58.2 Å². The van der Waals surface area contributed by atoms with Crippen LogP contribution in [-0.4, -0.2) is 11.7 Å². The lowest BCUT2D eigenvalue weighted by molar-refractivity contribution is -0.141. The first-order valence-electron chi connectivity index (χ1n) is 7.63. The first kappa shape index (κ1) is 17.1. The number of carbonyl (C=O) groups excluding carboxylic acids is 2. The van der Waals surface area contributed by atoms with E-state index in [2.05, 4.69) is 10.6 Å². The summed E-state index contributed by atoms with van der Waals surface area (Å²) in [4.78, 5) is 24.6. The minimum atomic E-state index is -1.06. The Balaban J connectivity index is 2.25. The molecule has 0 bridgehead atoms. The molecular weight excluding hydrogens is 302 g/mol. The van der Waals surface area contributed by atoms with Crippen molar-refractivity contribution < 1.29 is 18.4 Å². The van der Waals surface area contributed by atoms with E-state index in [1.165, 1.54) is 12.1 Å². The van der Waals surface area contributed by atoms with Crippen molar-refractivity contribution in [1.29, 1.82) is 0 Å². The van der Waals surface area contributed by atoms with Crippen LogP contribution in [0.3, 0.4) is 0 Å². The fourth-order valence-electron chi connectivity index (χ4n) is 2.89. The quantitative estimate of drug-likeness (QED) is 0.820. The maximum atomic E-state index is 13.8. The van der Waals surface area contributed by atoms with E-state index in [-0.39, 0.29) is 17.2 Å². The fraction of sp³-hybridized carbons (Fsp3) is 0.412. The van der Waals surface area contributed by atoms with Crippen LogP contribution in [0.25, 0.3) is 0 Å². The number of rotatable bonds is 5. The Morgan fingerprint density at radius 3 is 2.22 bits per heavy atom. The number of hydrogen-bond donors (Lipinski definition) is 2. The molecule has 23 heavy (non-hydrogen) atoms. The molecule has 1 amide bonds. The van der Waals surface area contributed by atoms with Gasteiger partial charge >= 0.3 is 0 Å². The van der Waals surface area contributed by atoms with E-state index in [1.54, 1.807) is 20.8 Å². The van der Waals surface area contributed by atoms with Crippen molar-refractivity contribution in [3.05, 3.63) is 47.3 Å². The highest BCUT2D eigenvalue weighted by Crippen LogP contribution is 2.32. The predicted octanol–water partition coefficient (Wildman–Crippen LogP) is 2.96. The Morgan fingerprint density at radius 1 is 1.17 bits per heavy atom. The van der Waals surface area contributed by atoms with Crippen LogP contribution in [0.4, 0.5) is 8.78 Å². The average molecular weight is 322 g/mol. The standard InChI is InChI=1S/C17H20F2N2O2/c1-4-17(5-2)13(22)9-14(21-16(17)23)20-10(3)15-11(18)7-6-8-12(15)19/h6-10,20H,4-5H2,1-3H3,(H,21,23)/t10-/m0/s1. The minimum Gasteiger partial charge on any atom is -0.365 e. The molecule has 6 heteroatoms. The van der Waals surface area contributed by atoms with Crippen LogP contribution in [-0.2, 0) is 9.59 Å². The van der Waals surface area contributed by atoms with E-state index in [1.807, 2.05) is 0 Å². The number of carbonyl (C=O) groups is 2. The normalized spacial score (nSPS) is 18.2. The van der Waals surface area contributed by atoms with Crippen LogP contribution in [0.2, 0.25) is 0 Å². The summed E-state index contributed by atoms with van der Waals surface area (Å²) in [5.41, 5.74) is -1.20. The van der Waals surface area contributed by atoms with Gasteiger partial charge in [0.1, 0.15) is 22.9 Å². The molecule has 124 valence electrons. The summed E-state index contributed by atoms with van der Waals surface area (Å²) in [7, 11) is 0. The largest absolute Gasteiger partial charge is 0.365 e. The molecular formula is C17H20F2N2O2. The number of halogens is 2. The lowest BCUT2D eigenvalue weighted by atomic mass is 9.75. The van der Waals surface area contributed by atoms with Gasteiger partial charge in [-0.25, -0.2) is 8.78 Å². The molecule has 1 aromatic rings. The smallest absolute Gasteiger partial charge is 0.239 e. The summed E-state index contributed by atoms with van der Waals surface area (Å²) in [6.07, 6.45) is 2.09. The van der Waals surface area contributed by atoms with Crippen molar-refractivity contribution in [3.63, 3.8) is 0 Å². The van der Waals surface area contributed by atoms with E-state index in [0.717, 1.165) is 12.1 Å². The Hall–Kier alpha value is -2.24. The second kappa shape index (κ2) is 6.48. The summed E-state index contributed by atoms with van der Waals surface area (Å²) in [6, 6.07) is 2.86. The zero-order valence-corrected chi connectivity index (χ0v) is 13.4. The fourth-order valence-corrected chi connectivity index (χ4v) is 2.89. The first-order chi connectivity index (χ1) is 10.9. The highest BCUT2D eigenvalue weighted by Gasteiger charge is 2.44. The van der Waals surface area contributed by atoms with Crippen molar-refractivity contribution in [2.24, 2.45) is 5.41 Å². The maximum Gasteiger partial charge on any atom is 0.239 e. The third kappa shape index (κ3) is 2.98. The molecule has 0 fully saturated rings. The molecule has 1 atom stereocenters. The van der Waals surface area contributed by atoms with Crippen LogP contribution in [0.1, 0.15) is 45.2 Å². The van der Waals surface area contributed by atoms with Gasteiger partial charge in [0.25, 0.3) is 0 Å². The summed E-state index contributed by atoms with van der Waals surface area (Å²) in [5, 5.41) is 5.42. The zero-order chi connectivity index (χ0) is 17.2. The van der Waals surface area contributed by atoms with Crippen LogP contribution in [0.15, 0.2) is 30.1 Å². The summed E-state index contributed by atoms with van der Waals surface area (Å²) in [6.45, 7) is 5.12. The van der Waals surface area contributed by atoms with Crippen LogP contribution < -0.4 is 10.6 Å². The van der Waals surface area contributed by atoms with Gasteiger partial charge < -0.3 is 10.6 Å². The maximum absolute atomic E-state index is 13.8. The molecule has 0 radical (unpaired) electrons. The molecule has 1 aliphatic heterocycles. The van der Waals surface area contributed by atoms with Gasteiger partial charge in [-0.3, -0.25) is 9.59 Å². The molecule has 0 aromatic heterocycles. The lowest BCUT2D eigenvalue weighted by Crippen LogP contribution is -2.51. The van der Waals surface area contributed by atoms with Gasteiger partial charge in [-0.2, -0.15) is 0 Å². The van der Waals surface area contributed by atoms with Gasteiger partial charge in [0, 0.05) is 11.6 Å². The molecule has 0 unspecified atom stereocenters. The van der Waals surface area contributed by atoms with Gasteiger partial charge in [0.2, 0.25) is 5.91 Å². The Morgan fingerprint density at radius 2 is 1.74 bits per heavy atom. The summed E-state index contributed by atoms with van der Waals surface area (Å²) >= 11 is 0. The van der Waals surface area contributed by atoms with E-state index in [4.69, 9.17) is 0 Å². The van der Waals surface area contributed by atoms with E-state index >= 15 is 0 Å². The van der Waals surface area contributed by atoms with Gasteiger partial charge in [-0.15, -0.1) is 0 Å². The highest BCUT2D eigenvalue weighted by molar-refractivity contribution is 6.13. The molecule has 0 saturated heterocycles. The molecule has 1 aromatic carbocycles. The average Bonchev–Trinajstić information content (AvgIpc) is 2.47. The molecule has 0 aliphatic carbocycles. The van der Waals surface area contributed by atoms with Crippen molar-refractivity contribution >= 4 is 11.7 Å². The number of allylic oxidation sites excluding steroid dienone is 1. The van der Waals surface area contributed by atoms with Crippen LogP contribution in [0, 0.1) is 17.0 Å². The molecule has 1 aliphatic rings. The Kier molecular flexibility index (Phi) is 4.82. The monoisotopic (exact) mass is 322 g/mol. The van der Waals surface area contributed by atoms with Crippen LogP contribution >= 0.6 is 0 Å². The van der Waals surface area contributed by atoms with Gasteiger partial charge in [-0.05, 0) is 31.9 Å². The molecule has 2 rings (SSSR count). The van der Waals surface area contributed by atoms with Crippen molar-refractivity contribution in [2.45, 2.75) is 39.7 Å². The second-order valence-corrected chi connectivity index (χ2v) is 5.67.